The highest BCUT2D eigenvalue weighted by molar-refractivity contribution is 5.94. The van der Waals surface area contributed by atoms with Crippen LogP contribution in [0.5, 0.6) is 0 Å². The molecule has 6 nitrogen and oxygen atoms in total. The molecule has 1 amide bonds. The summed E-state index contributed by atoms with van der Waals surface area (Å²) in [5, 5.41) is 13.6. The molecule has 0 unspecified atom stereocenters. The van der Waals surface area contributed by atoms with Crippen molar-refractivity contribution >= 4 is 17.6 Å². The zero-order chi connectivity index (χ0) is 13.1. The van der Waals surface area contributed by atoms with E-state index in [-0.39, 0.29) is 18.7 Å². The second-order valence-electron chi connectivity index (χ2n) is 3.09. The van der Waals surface area contributed by atoms with Gasteiger partial charge < -0.3 is 10.4 Å². The van der Waals surface area contributed by atoms with Gasteiger partial charge in [0.2, 0.25) is 0 Å². The lowest BCUT2D eigenvalue weighted by Gasteiger charge is -2.04. The monoisotopic (exact) mass is 251 g/mol. The number of hydrogen-bond acceptors (Lipinski definition) is 3. The molecule has 0 fully saturated rings. The Labute approximate surface area is 93.0 Å². The molecule has 0 atom stereocenters. The van der Waals surface area contributed by atoms with Crippen molar-refractivity contribution in [2.24, 2.45) is 0 Å². The molecule has 1 aromatic heterocycles. The number of aryl methyl sites for hydroxylation is 1. The van der Waals surface area contributed by atoms with Crippen LogP contribution in [0.4, 0.5) is 18.9 Å². The van der Waals surface area contributed by atoms with Gasteiger partial charge in [0.05, 0.1) is 24.8 Å². The van der Waals surface area contributed by atoms with Gasteiger partial charge in [-0.2, -0.15) is 18.3 Å². The maximum Gasteiger partial charge on any atom is 0.471 e. The first kappa shape index (κ1) is 13.0. The Morgan fingerprint density at radius 3 is 2.65 bits per heavy atom. The molecule has 0 radical (unpaired) electrons. The Balaban J connectivity index is 2.57. The fraction of sp³-hybridized carbons (Fsp3) is 0.375. The summed E-state index contributed by atoms with van der Waals surface area (Å²) in [7, 11) is 0. The summed E-state index contributed by atoms with van der Waals surface area (Å²) >= 11 is 0. The van der Waals surface area contributed by atoms with Gasteiger partial charge in [0.15, 0.2) is 0 Å². The third-order valence-electron chi connectivity index (χ3n) is 1.70. The standard InChI is InChI=1S/C8H8F3N3O3/c9-8(10,11)7(17)13-5-3-12-14(4-5)2-1-6(15)16/h3-4H,1-2H2,(H,13,17)(H,15,16). The number of amides is 1. The molecule has 0 spiro atoms. The molecule has 0 aliphatic heterocycles. The Hall–Kier alpha value is -2.06. The van der Waals surface area contributed by atoms with Crippen molar-refractivity contribution in [1.82, 2.24) is 9.78 Å². The van der Waals surface area contributed by atoms with E-state index in [0.29, 0.717) is 0 Å². The molecule has 1 rings (SSSR count). The van der Waals surface area contributed by atoms with Gasteiger partial charge in [-0.1, -0.05) is 0 Å². The van der Waals surface area contributed by atoms with Crippen molar-refractivity contribution in [3.63, 3.8) is 0 Å². The van der Waals surface area contributed by atoms with Gasteiger partial charge in [-0.15, -0.1) is 0 Å². The lowest BCUT2D eigenvalue weighted by Crippen LogP contribution is -2.29. The average Bonchev–Trinajstić information content (AvgIpc) is 2.61. The summed E-state index contributed by atoms with van der Waals surface area (Å²) in [6.07, 6.45) is -3.06. The zero-order valence-corrected chi connectivity index (χ0v) is 8.36. The first-order valence-electron chi connectivity index (χ1n) is 4.41. The third kappa shape index (κ3) is 4.13. The minimum absolute atomic E-state index is 0.0111. The van der Waals surface area contributed by atoms with Crippen molar-refractivity contribution in [2.75, 3.05) is 5.32 Å². The second-order valence-corrected chi connectivity index (χ2v) is 3.09. The lowest BCUT2D eigenvalue weighted by molar-refractivity contribution is -0.167. The van der Waals surface area contributed by atoms with Crippen LogP contribution in [0.3, 0.4) is 0 Å². The number of rotatable bonds is 4. The number of carboxylic acid groups (broad SMARTS) is 1. The van der Waals surface area contributed by atoms with Crippen molar-refractivity contribution in [2.45, 2.75) is 19.1 Å². The normalized spacial score (nSPS) is 11.2. The fourth-order valence-corrected chi connectivity index (χ4v) is 0.963. The Kier molecular flexibility index (Phi) is 3.71. The van der Waals surface area contributed by atoms with Gasteiger partial charge in [-0.3, -0.25) is 14.3 Å². The molecular formula is C8H8F3N3O3. The number of nitrogens with one attached hydrogen (secondary N) is 1. The predicted octanol–water partition coefficient (Wildman–Crippen LogP) is 0.859. The molecule has 0 saturated carbocycles. The van der Waals surface area contributed by atoms with E-state index in [4.69, 9.17) is 5.11 Å². The predicted molar refractivity (Wildman–Crippen MR) is 49.2 cm³/mol. The van der Waals surface area contributed by atoms with E-state index in [0.717, 1.165) is 17.1 Å². The molecule has 2 N–H and O–H groups in total. The summed E-state index contributed by atoms with van der Waals surface area (Å²) in [5.74, 6) is -3.16. The van der Waals surface area contributed by atoms with Crippen LogP contribution in [0.1, 0.15) is 6.42 Å². The van der Waals surface area contributed by atoms with Crippen molar-refractivity contribution in [1.29, 1.82) is 0 Å². The smallest absolute Gasteiger partial charge is 0.471 e. The summed E-state index contributed by atoms with van der Waals surface area (Å²) in [6, 6.07) is 0. The summed E-state index contributed by atoms with van der Waals surface area (Å²) in [6.45, 7) is 0.0111. The van der Waals surface area contributed by atoms with Gasteiger partial charge in [0.25, 0.3) is 0 Å². The van der Waals surface area contributed by atoms with Gasteiger partial charge in [-0.25, -0.2) is 0 Å². The molecule has 0 aromatic carbocycles. The van der Waals surface area contributed by atoms with Crippen molar-refractivity contribution < 1.29 is 27.9 Å². The molecular weight excluding hydrogens is 243 g/mol. The molecule has 9 heteroatoms. The van der Waals surface area contributed by atoms with Crippen molar-refractivity contribution in [3.05, 3.63) is 12.4 Å². The summed E-state index contributed by atoms with van der Waals surface area (Å²) < 4.78 is 36.8. The molecule has 94 valence electrons. The summed E-state index contributed by atoms with van der Waals surface area (Å²) in [4.78, 5) is 20.8. The number of carbonyl (C=O) groups is 2. The number of hydrogen-bond donors (Lipinski definition) is 2. The van der Waals surface area contributed by atoms with E-state index in [1.807, 2.05) is 0 Å². The SMILES string of the molecule is O=C(O)CCn1cc(NC(=O)C(F)(F)F)cn1. The van der Waals surface area contributed by atoms with Crippen LogP contribution in [-0.4, -0.2) is 32.9 Å². The van der Waals surface area contributed by atoms with Crippen LogP contribution in [0, 0.1) is 0 Å². The average molecular weight is 251 g/mol. The van der Waals surface area contributed by atoms with Crippen LogP contribution in [0.2, 0.25) is 0 Å². The number of nitrogens with zero attached hydrogens (tertiary/aromatic N) is 2. The van der Waals surface area contributed by atoms with Gasteiger partial charge in [0, 0.05) is 6.20 Å². The minimum atomic E-state index is -4.97. The summed E-state index contributed by atoms with van der Waals surface area (Å²) in [5.41, 5.74) is -0.141. The van der Waals surface area contributed by atoms with E-state index < -0.39 is 18.1 Å². The highest BCUT2D eigenvalue weighted by Gasteiger charge is 2.38. The maximum atomic E-state index is 11.9. The molecule has 1 aromatic rings. The molecule has 0 saturated heterocycles. The number of anilines is 1. The largest absolute Gasteiger partial charge is 0.481 e. The number of aliphatic carboxylic acids is 1. The fourth-order valence-electron chi connectivity index (χ4n) is 0.963. The molecule has 0 aliphatic rings. The van der Waals surface area contributed by atoms with Gasteiger partial charge >= 0.3 is 18.1 Å². The Morgan fingerprint density at radius 2 is 2.12 bits per heavy atom. The number of halogens is 3. The quantitative estimate of drug-likeness (QED) is 0.831. The molecule has 17 heavy (non-hydrogen) atoms. The second kappa shape index (κ2) is 4.85. The molecule has 0 bridgehead atoms. The number of aromatic nitrogens is 2. The van der Waals surface area contributed by atoms with Gasteiger partial charge in [-0.05, 0) is 0 Å². The number of carboxylic acids is 1. The Morgan fingerprint density at radius 1 is 1.47 bits per heavy atom. The van der Waals surface area contributed by atoms with E-state index >= 15 is 0 Å². The van der Waals surface area contributed by atoms with E-state index in [2.05, 4.69) is 5.10 Å². The van der Waals surface area contributed by atoms with Crippen LogP contribution < -0.4 is 5.32 Å². The molecule has 0 aliphatic carbocycles. The maximum absolute atomic E-state index is 11.9. The van der Waals surface area contributed by atoms with Crippen LogP contribution in [0.15, 0.2) is 12.4 Å². The molecule has 1 heterocycles. The van der Waals surface area contributed by atoms with Gasteiger partial charge in [0.1, 0.15) is 0 Å². The topological polar surface area (TPSA) is 84.2 Å². The van der Waals surface area contributed by atoms with Crippen molar-refractivity contribution in [3.8, 4) is 0 Å². The lowest BCUT2D eigenvalue weighted by atomic mass is 10.4. The van der Waals surface area contributed by atoms with E-state index in [1.165, 1.54) is 0 Å². The zero-order valence-electron chi connectivity index (χ0n) is 8.36. The van der Waals surface area contributed by atoms with Crippen LogP contribution >= 0.6 is 0 Å². The van der Waals surface area contributed by atoms with E-state index in [9.17, 15) is 22.8 Å². The first-order valence-corrected chi connectivity index (χ1v) is 4.41. The first-order chi connectivity index (χ1) is 7.79. The van der Waals surface area contributed by atoms with Crippen LogP contribution in [-0.2, 0) is 16.1 Å². The highest BCUT2D eigenvalue weighted by Crippen LogP contribution is 2.17. The van der Waals surface area contributed by atoms with E-state index in [1.54, 1.807) is 5.32 Å². The highest BCUT2D eigenvalue weighted by atomic mass is 19.4. The van der Waals surface area contributed by atoms with Crippen LogP contribution in [0.25, 0.3) is 0 Å². The Bertz CT molecular complexity index is 427. The minimum Gasteiger partial charge on any atom is -0.481 e. The number of carbonyl (C=O) groups excluding carboxylic acids is 1. The number of alkyl halides is 3. The third-order valence-corrected chi connectivity index (χ3v) is 1.70.